The minimum absolute atomic E-state index is 0.00633. The van der Waals surface area contributed by atoms with Crippen LogP contribution in [0.5, 0.6) is 5.75 Å². The van der Waals surface area contributed by atoms with Crippen LogP contribution in [0.3, 0.4) is 0 Å². The molecule has 2 aromatic rings. The number of carboxylic acid groups (broad SMARTS) is 1. The molecule has 2 aromatic carbocycles. The Labute approximate surface area is 160 Å². The Hall–Kier alpha value is -2.82. The molecule has 0 unspecified atom stereocenters. The van der Waals surface area contributed by atoms with E-state index in [1.165, 1.54) is 5.56 Å². The maximum absolute atomic E-state index is 12.6. The van der Waals surface area contributed by atoms with Crippen molar-refractivity contribution >= 4 is 11.9 Å². The highest BCUT2D eigenvalue weighted by Crippen LogP contribution is 2.24. The topological polar surface area (TPSA) is 75.6 Å². The number of carbonyl (C=O) groups excluding carboxylic acids is 1. The van der Waals surface area contributed by atoms with Crippen LogP contribution >= 0.6 is 0 Å². The second-order valence-corrected chi connectivity index (χ2v) is 7.01. The first kappa shape index (κ1) is 20.5. The van der Waals surface area contributed by atoms with E-state index in [1.54, 1.807) is 12.1 Å². The summed E-state index contributed by atoms with van der Waals surface area (Å²) in [5.74, 6) is -0.497. The molecular weight excluding hydrogens is 342 g/mol. The van der Waals surface area contributed by atoms with Crippen LogP contribution < -0.4 is 10.1 Å². The van der Waals surface area contributed by atoms with Crippen molar-refractivity contribution in [2.45, 2.75) is 39.0 Å². The van der Waals surface area contributed by atoms with Gasteiger partial charge in [-0.3, -0.25) is 4.79 Å². The van der Waals surface area contributed by atoms with Gasteiger partial charge in [0.15, 0.2) is 6.61 Å². The van der Waals surface area contributed by atoms with Crippen LogP contribution in [-0.2, 0) is 27.8 Å². The lowest BCUT2D eigenvalue weighted by molar-refractivity contribution is -0.139. The van der Waals surface area contributed by atoms with Crippen LogP contribution in [-0.4, -0.2) is 30.1 Å². The SMILES string of the molecule is CCc1ccc(C(C)(C)C(=O)NCCc2ccc(OCC(=O)O)cc2)cc1. The molecule has 2 N–H and O–H groups in total. The number of hydrogen-bond acceptors (Lipinski definition) is 3. The minimum atomic E-state index is -1.01. The molecular formula is C22H27NO4. The fourth-order valence-corrected chi connectivity index (χ4v) is 2.73. The van der Waals surface area contributed by atoms with Crippen molar-refractivity contribution in [3.63, 3.8) is 0 Å². The summed E-state index contributed by atoms with van der Waals surface area (Å²) in [6.07, 6.45) is 1.67. The van der Waals surface area contributed by atoms with E-state index >= 15 is 0 Å². The summed E-state index contributed by atoms with van der Waals surface area (Å²) in [6.45, 7) is 6.14. The molecule has 0 atom stereocenters. The van der Waals surface area contributed by atoms with Crippen molar-refractivity contribution in [2.75, 3.05) is 13.2 Å². The summed E-state index contributed by atoms with van der Waals surface area (Å²) >= 11 is 0. The molecule has 0 heterocycles. The molecule has 0 radical (unpaired) electrons. The lowest BCUT2D eigenvalue weighted by atomic mass is 9.83. The van der Waals surface area contributed by atoms with Gasteiger partial charge in [0, 0.05) is 6.54 Å². The van der Waals surface area contributed by atoms with Gasteiger partial charge in [-0.05, 0) is 55.5 Å². The van der Waals surface area contributed by atoms with Crippen molar-refractivity contribution < 1.29 is 19.4 Å². The molecule has 0 saturated heterocycles. The van der Waals surface area contributed by atoms with E-state index in [0.717, 1.165) is 17.5 Å². The van der Waals surface area contributed by atoms with Crippen molar-refractivity contribution in [1.29, 1.82) is 0 Å². The number of amides is 1. The molecule has 0 saturated carbocycles. The molecule has 0 aromatic heterocycles. The Morgan fingerprint density at radius 2 is 1.59 bits per heavy atom. The highest BCUT2D eigenvalue weighted by Gasteiger charge is 2.29. The van der Waals surface area contributed by atoms with Gasteiger partial charge in [-0.25, -0.2) is 4.79 Å². The lowest BCUT2D eigenvalue weighted by Crippen LogP contribution is -2.40. The average molecular weight is 369 g/mol. The number of carboxylic acids is 1. The van der Waals surface area contributed by atoms with Crippen molar-refractivity contribution in [3.8, 4) is 5.75 Å². The third-order valence-corrected chi connectivity index (χ3v) is 4.64. The Morgan fingerprint density at radius 3 is 2.15 bits per heavy atom. The first-order chi connectivity index (χ1) is 12.8. The van der Waals surface area contributed by atoms with Crippen LogP contribution in [0.25, 0.3) is 0 Å². The number of ether oxygens (including phenoxy) is 1. The monoisotopic (exact) mass is 369 g/mol. The van der Waals surface area contributed by atoms with Gasteiger partial charge in [-0.15, -0.1) is 0 Å². The Bertz CT molecular complexity index is 764. The zero-order valence-corrected chi connectivity index (χ0v) is 16.1. The zero-order valence-electron chi connectivity index (χ0n) is 16.1. The summed E-state index contributed by atoms with van der Waals surface area (Å²) in [7, 11) is 0. The highest BCUT2D eigenvalue weighted by atomic mass is 16.5. The van der Waals surface area contributed by atoms with Gasteiger partial charge >= 0.3 is 5.97 Å². The van der Waals surface area contributed by atoms with Crippen LogP contribution in [0.1, 0.15) is 37.5 Å². The minimum Gasteiger partial charge on any atom is -0.482 e. The number of benzene rings is 2. The quantitative estimate of drug-likeness (QED) is 0.711. The van der Waals surface area contributed by atoms with Crippen LogP contribution in [0.2, 0.25) is 0 Å². The van der Waals surface area contributed by atoms with Crippen LogP contribution in [0.15, 0.2) is 48.5 Å². The van der Waals surface area contributed by atoms with E-state index in [4.69, 9.17) is 9.84 Å². The Morgan fingerprint density at radius 1 is 1.00 bits per heavy atom. The smallest absolute Gasteiger partial charge is 0.341 e. The molecule has 0 aliphatic heterocycles. The molecule has 2 rings (SSSR count). The molecule has 0 fully saturated rings. The molecule has 144 valence electrons. The Kier molecular flexibility index (Phi) is 6.99. The number of hydrogen-bond donors (Lipinski definition) is 2. The molecule has 5 heteroatoms. The van der Waals surface area contributed by atoms with Crippen LogP contribution in [0.4, 0.5) is 0 Å². The lowest BCUT2D eigenvalue weighted by Gasteiger charge is -2.24. The van der Waals surface area contributed by atoms with Gasteiger partial charge in [-0.2, -0.15) is 0 Å². The maximum Gasteiger partial charge on any atom is 0.341 e. The van der Waals surface area contributed by atoms with E-state index in [0.29, 0.717) is 18.7 Å². The second kappa shape index (κ2) is 9.21. The molecule has 27 heavy (non-hydrogen) atoms. The number of carbonyl (C=O) groups is 2. The molecule has 0 aliphatic rings. The molecule has 1 amide bonds. The third kappa shape index (κ3) is 5.84. The number of nitrogens with one attached hydrogen (secondary N) is 1. The van der Waals surface area contributed by atoms with Crippen LogP contribution in [0, 0.1) is 0 Å². The van der Waals surface area contributed by atoms with E-state index < -0.39 is 11.4 Å². The van der Waals surface area contributed by atoms with Gasteiger partial charge in [0.25, 0.3) is 0 Å². The molecule has 5 nitrogen and oxygen atoms in total. The van der Waals surface area contributed by atoms with E-state index in [9.17, 15) is 9.59 Å². The number of aryl methyl sites for hydroxylation is 1. The van der Waals surface area contributed by atoms with Gasteiger partial charge < -0.3 is 15.2 Å². The summed E-state index contributed by atoms with van der Waals surface area (Å²) in [4.78, 5) is 23.1. The normalized spacial score (nSPS) is 11.1. The first-order valence-corrected chi connectivity index (χ1v) is 9.14. The standard InChI is InChI=1S/C22H27NO4/c1-4-16-5-9-18(10-6-16)22(2,3)21(26)23-14-13-17-7-11-19(12-8-17)27-15-20(24)25/h5-12H,4,13-15H2,1-3H3,(H,23,26)(H,24,25). The van der Waals surface area contributed by atoms with Gasteiger partial charge in [-0.1, -0.05) is 43.3 Å². The van der Waals surface area contributed by atoms with Gasteiger partial charge in [0.1, 0.15) is 5.75 Å². The third-order valence-electron chi connectivity index (χ3n) is 4.64. The predicted octanol–water partition coefficient (Wildman–Crippen LogP) is 3.35. The first-order valence-electron chi connectivity index (χ1n) is 9.14. The summed E-state index contributed by atoms with van der Waals surface area (Å²) < 4.78 is 5.11. The summed E-state index contributed by atoms with van der Waals surface area (Å²) in [5, 5.41) is 11.6. The molecule has 0 bridgehead atoms. The maximum atomic E-state index is 12.6. The summed E-state index contributed by atoms with van der Waals surface area (Å²) in [5.41, 5.74) is 2.70. The Balaban J connectivity index is 1.86. The van der Waals surface area contributed by atoms with Crippen molar-refractivity contribution in [2.24, 2.45) is 0 Å². The molecule has 0 spiro atoms. The second-order valence-electron chi connectivity index (χ2n) is 7.01. The largest absolute Gasteiger partial charge is 0.482 e. The molecule has 0 aliphatic carbocycles. The fourth-order valence-electron chi connectivity index (χ4n) is 2.73. The fraction of sp³-hybridized carbons (Fsp3) is 0.364. The van der Waals surface area contributed by atoms with Gasteiger partial charge in [0.2, 0.25) is 5.91 Å². The predicted molar refractivity (Wildman–Crippen MR) is 105 cm³/mol. The average Bonchev–Trinajstić information content (AvgIpc) is 2.67. The van der Waals surface area contributed by atoms with Gasteiger partial charge in [0.05, 0.1) is 5.41 Å². The number of aliphatic carboxylic acids is 1. The van der Waals surface area contributed by atoms with E-state index in [2.05, 4.69) is 24.4 Å². The zero-order chi connectivity index (χ0) is 19.9. The van der Waals surface area contributed by atoms with Crippen molar-refractivity contribution in [1.82, 2.24) is 5.32 Å². The summed E-state index contributed by atoms with van der Waals surface area (Å²) in [6, 6.07) is 15.4. The number of rotatable bonds is 9. The van der Waals surface area contributed by atoms with E-state index in [-0.39, 0.29) is 12.5 Å². The van der Waals surface area contributed by atoms with Crippen molar-refractivity contribution in [3.05, 3.63) is 65.2 Å². The van der Waals surface area contributed by atoms with E-state index in [1.807, 2.05) is 38.1 Å². The highest BCUT2D eigenvalue weighted by molar-refractivity contribution is 5.87.